The van der Waals surface area contributed by atoms with Crippen molar-refractivity contribution >= 4 is 5.97 Å². The van der Waals surface area contributed by atoms with Crippen molar-refractivity contribution in [3.63, 3.8) is 0 Å². The highest BCUT2D eigenvalue weighted by Crippen LogP contribution is 2.06. The minimum Gasteiger partial charge on any atom is -0.459 e. The van der Waals surface area contributed by atoms with Crippen LogP contribution < -0.4 is 5.32 Å². The van der Waals surface area contributed by atoms with Crippen molar-refractivity contribution in [3.8, 4) is 0 Å². The van der Waals surface area contributed by atoms with Gasteiger partial charge < -0.3 is 9.30 Å². The molecule has 0 atom stereocenters. The summed E-state index contributed by atoms with van der Waals surface area (Å²) in [6.45, 7) is 6.31. The first-order valence-corrected chi connectivity index (χ1v) is 5.27. The van der Waals surface area contributed by atoms with Gasteiger partial charge in [-0.1, -0.05) is 0 Å². The molecule has 0 aromatic carbocycles. The Bertz CT molecular complexity index is 352. The van der Waals surface area contributed by atoms with Gasteiger partial charge in [0, 0.05) is 19.4 Å². The average Bonchev–Trinajstić information content (AvgIpc) is 2.48. The van der Waals surface area contributed by atoms with Crippen molar-refractivity contribution in [2.24, 2.45) is 7.05 Å². The summed E-state index contributed by atoms with van der Waals surface area (Å²) < 4.78 is 7.06. The summed E-state index contributed by atoms with van der Waals surface area (Å²) in [5.74, 6) is 0.644. The van der Waals surface area contributed by atoms with Crippen LogP contribution in [0.1, 0.15) is 26.6 Å². The molecule has 16 heavy (non-hydrogen) atoms. The molecular formula is C11H19N3O2. The van der Waals surface area contributed by atoms with Crippen molar-refractivity contribution in [2.75, 3.05) is 6.54 Å². The maximum atomic E-state index is 11.4. The molecule has 1 heterocycles. The third kappa shape index (κ3) is 4.44. The summed E-state index contributed by atoms with van der Waals surface area (Å²) in [4.78, 5) is 15.5. The van der Waals surface area contributed by atoms with Crippen LogP contribution in [0.15, 0.2) is 12.4 Å². The minimum absolute atomic E-state index is 0.199. The van der Waals surface area contributed by atoms with Gasteiger partial charge in [-0.15, -0.1) is 0 Å². The first kappa shape index (κ1) is 12.7. The van der Waals surface area contributed by atoms with Gasteiger partial charge in [0.25, 0.3) is 0 Å². The highest BCUT2D eigenvalue weighted by Gasteiger charge is 2.15. The fourth-order valence-corrected chi connectivity index (χ4v) is 1.22. The van der Waals surface area contributed by atoms with E-state index in [9.17, 15) is 4.79 Å². The third-order valence-corrected chi connectivity index (χ3v) is 1.89. The van der Waals surface area contributed by atoms with Crippen LogP contribution in [0, 0.1) is 0 Å². The second kappa shape index (κ2) is 5.12. The number of imidazole rings is 1. The van der Waals surface area contributed by atoms with E-state index < -0.39 is 5.60 Å². The van der Waals surface area contributed by atoms with Gasteiger partial charge in [-0.05, 0) is 20.8 Å². The van der Waals surface area contributed by atoms with Crippen LogP contribution >= 0.6 is 0 Å². The van der Waals surface area contributed by atoms with Crippen molar-refractivity contribution in [3.05, 3.63) is 18.2 Å². The van der Waals surface area contributed by atoms with E-state index in [1.165, 1.54) is 0 Å². The van der Waals surface area contributed by atoms with Crippen LogP contribution in [0.25, 0.3) is 0 Å². The van der Waals surface area contributed by atoms with Crippen LogP contribution in [-0.2, 0) is 23.1 Å². The van der Waals surface area contributed by atoms with Gasteiger partial charge in [-0.3, -0.25) is 10.1 Å². The largest absolute Gasteiger partial charge is 0.459 e. The number of carbonyl (C=O) groups excluding carboxylic acids is 1. The number of rotatable bonds is 4. The SMILES string of the molecule is Cn1ccnc1CNCC(=O)OC(C)(C)C. The molecule has 0 aliphatic carbocycles. The molecule has 0 amide bonds. The van der Waals surface area contributed by atoms with E-state index in [2.05, 4.69) is 10.3 Å². The molecule has 1 aromatic heterocycles. The molecule has 1 rings (SSSR count). The van der Waals surface area contributed by atoms with E-state index in [4.69, 9.17) is 4.74 Å². The van der Waals surface area contributed by atoms with Crippen LogP contribution in [0.5, 0.6) is 0 Å². The van der Waals surface area contributed by atoms with Gasteiger partial charge in [0.05, 0.1) is 13.1 Å². The van der Waals surface area contributed by atoms with Gasteiger partial charge in [-0.25, -0.2) is 4.98 Å². The summed E-state index contributed by atoms with van der Waals surface area (Å²) in [7, 11) is 1.91. The number of hydrogen-bond acceptors (Lipinski definition) is 4. The lowest BCUT2D eigenvalue weighted by molar-refractivity contribution is -0.153. The van der Waals surface area contributed by atoms with Gasteiger partial charge in [0.1, 0.15) is 11.4 Å². The summed E-state index contributed by atoms with van der Waals surface area (Å²) in [6, 6.07) is 0. The molecule has 0 saturated heterocycles. The number of ether oxygens (including phenoxy) is 1. The van der Waals surface area contributed by atoms with E-state index in [1.807, 2.05) is 38.6 Å². The molecule has 0 saturated carbocycles. The van der Waals surface area contributed by atoms with Crippen LogP contribution in [0.4, 0.5) is 0 Å². The second-order valence-electron chi connectivity index (χ2n) is 4.64. The zero-order chi connectivity index (χ0) is 12.2. The number of aromatic nitrogens is 2. The Hall–Kier alpha value is -1.36. The average molecular weight is 225 g/mol. The Kier molecular flexibility index (Phi) is 4.06. The van der Waals surface area contributed by atoms with Gasteiger partial charge in [0.2, 0.25) is 0 Å². The van der Waals surface area contributed by atoms with Crippen molar-refractivity contribution in [2.45, 2.75) is 32.9 Å². The predicted octanol–water partition coefficient (Wildman–Crippen LogP) is 0.851. The normalized spacial score (nSPS) is 11.5. The van der Waals surface area contributed by atoms with Crippen molar-refractivity contribution < 1.29 is 9.53 Å². The first-order chi connectivity index (χ1) is 7.38. The monoisotopic (exact) mass is 225 g/mol. The highest BCUT2D eigenvalue weighted by molar-refractivity contribution is 5.72. The number of esters is 1. The molecule has 0 fully saturated rings. The maximum Gasteiger partial charge on any atom is 0.320 e. The van der Waals surface area contributed by atoms with Gasteiger partial charge in [0.15, 0.2) is 0 Å². The Labute approximate surface area is 95.8 Å². The maximum absolute atomic E-state index is 11.4. The Morgan fingerprint density at radius 2 is 2.25 bits per heavy atom. The molecule has 0 bridgehead atoms. The number of carbonyl (C=O) groups is 1. The summed E-state index contributed by atoms with van der Waals surface area (Å²) >= 11 is 0. The Morgan fingerprint density at radius 3 is 2.75 bits per heavy atom. The predicted molar refractivity (Wildman–Crippen MR) is 60.8 cm³/mol. The van der Waals surface area contributed by atoms with E-state index in [1.54, 1.807) is 6.20 Å². The van der Waals surface area contributed by atoms with Crippen LogP contribution in [-0.4, -0.2) is 27.7 Å². The molecule has 0 aliphatic rings. The standard InChI is InChI=1S/C11H19N3O2/c1-11(2,3)16-10(15)8-12-7-9-13-5-6-14(9)4/h5-6,12H,7-8H2,1-4H3. The molecule has 0 radical (unpaired) electrons. The number of nitrogens with one attached hydrogen (secondary N) is 1. The summed E-state index contributed by atoms with van der Waals surface area (Å²) in [5, 5.41) is 2.99. The minimum atomic E-state index is -0.429. The summed E-state index contributed by atoms with van der Waals surface area (Å²) in [6.07, 6.45) is 3.59. The topological polar surface area (TPSA) is 56.2 Å². The number of aryl methyl sites for hydroxylation is 1. The lowest BCUT2D eigenvalue weighted by atomic mass is 10.2. The van der Waals surface area contributed by atoms with Gasteiger partial charge in [-0.2, -0.15) is 0 Å². The molecule has 5 nitrogen and oxygen atoms in total. The fraction of sp³-hybridized carbons (Fsp3) is 0.636. The second-order valence-corrected chi connectivity index (χ2v) is 4.64. The van der Waals surface area contributed by atoms with Crippen LogP contribution in [0.3, 0.4) is 0 Å². The fourth-order valence-electron chi connectivity index (χ4n) is 1.22. The molecule has 0 unspecified atom stereocenters. The molecule has 5 heteroatoms. The Balaban J connectivity index is 2.26. The zero-order valence-corrected chi connectivity index (χ0v) is 10.3. The zero-order valence-electron chi connectivity index (χ0n) is 10.3. The van der Waals surface area contributed by atoms with E-state index in [0.717, 1.165) is 5.82 Å². The molecule has 1 N–H and O–H groups in total. The number of hydrogen-bond donors (Lipinski definition) is 1. The number of nitrogens with zero attached hydrogens (tertiary/aromatic N) is 2. The lowest BCUT2D eigenvalue weighted by Crippen LogP contribution is -2.31. The van der Waals surface area contributed by atoms with E-state index in [0.29, 0.717) is 6.54 Å². The van der Waals surface area contributed by atoms with E-state index >= 15 is 0 Å². The smallest absolute Gasteiger partial charge is 0.320 e. The molecule has 90 valence electrons. The van der Waals surface area contributed by atoms with E-state index in [-0.39, 0.29) is 12.5 Å². The quantitative estimate of drug-likeness (QED) is 0.772. The van der Waals surface area contributed by atoms with Crippen molar-refractivity contribution in [1.29, 1.82) is 0 Å². The first-order valence-electron chi connectivity index (χ1n) is 5.27. The molecule has 0 spiro atoms. The molecule has 1 aromatic rings. The third-order valence-electron chi connectivity index (χ3n) is 1.89. The molecular weight excluding hydrogens is 206 g/mol. The summed E-state index contributed by atoms with van der Waals surface area (Å²) in [5.41, 5.74) is -0.429. The van der Waals surface area contributed by atoms with Gasteiger partial charge >= 0.3 is 5.97 Å². The lowest BCUT2D eigenvalue weighted by Gasteiger charge is -2.19. The Morgan fingerprint density at radius 1 is 1.56 bits per heavy atom. The highest BCUT2D eigenvalue weighted by atomic mass is 16.6. The van der Waals surface area contributed by atoms with Crippen molar-refractivity contribution in [1.82, 2.24) is 14.9 Å². The van der Waals surface area contributed by atoms with Crippen LogP contribution in [0.2, 0.25) is 0 Å². The molecule has 0 aliphatic heterocycles.